The first-order valence-electron chi connectivity index (χ1n) is 5.87. The molecule has 2 rings (SSSR count). The van der Waals surface area contributed by atoms with E-state index in [4.69, 9.17) is 4.52 Å². The molecule has 4 nitrogen and oxygen atoms in total. The highest BCUT2D eigenvalue weighted by Gasteiger charge is 2.08. The molecule has 0 spiro atoms. The van der Waals surface area contributed by atoms with Gasteiger partial charge in [-0.1, -0.05) is 12.1 Å². The number of nitrogens with zero attached hydrogens (tertiary/aromatic N) is 2. The van der Waals surface area contributed by atoms with Crippen LogP contribution in [0.1, 0.15) is 35.5 Å². The Morgan fingerprint density at radius 3 is 3.00 bits per heavy atom. The van der Waals surface area contributed by atoms with Crippen LogP contribution in [0.25, 0.3) is 0 Å². The molecule has 92 valence electrons. The molecule has 2 heterocycles. The fourth-order valence-corrected chi connectivity index (χ4v) is 2.60. The van der Waals surface area contributed by atoms with Crippen molar-refractivity contribution in [3.8, 4) is 0 Å². The Balaban J connectivity index is 1.78. The molecule has 2 aromatic rings. The lowest BCUT2D eigenvalue weighted by Gasteiger charge is -2.10. The second-order valence-corrected chi connectivity index (χ2v) is 5.12. The Bertz CT molecular complexity index is 438. The molecular weight excluding hydrogens is 234 g/mol. The third-order valence-corrected chi connectivity index (χ3v) is 4.07. The number of rotatable bonds is 6. The molecule has 5 heteroatoms. The van der Waals surface area contributed by atoms with Crippen molar-refractivity contribution in [2.75, 3.05) is 6.54 Å². The zero-order valence-electron chi connectivity index (χ0n) is 10.1. The predicted octanol–water partition coefficient (Wildman–Crippen LogP) is 2.59. The van der Waals surface area contributed by atoms with Gasteiger partial charge in [0.05, 0.1) is 0 Å². The summed E-state index contributed by atoms with van der Waals surface area (Å²) in [6.45, 7) is 5.21. The average molecular weight is 251 g/mol. The van der Waals surface area contributed by atoms with E-state index < -0.39 is 0 Å². The molecule has 0 aliphatic heterocycles. The van der Waals surface area contributed by atoms with Gasteiger partial charge in [0, 0.05) is 28.8 Å². The molecular formula is C12H17N3OS. The molecule has 0 aliphatic rings. The van der Waals surface area contributed by atoms with Crippen LogP contribution in [0, 0.1) is 0 Å². The Labute approximate surface area is 105 Å². The van der Waals surface area contributed by atoms with Gasteiger partial charge in [-0.05, 0) is 25.5 Å². The van der Waals surface area contributed by atoms with Crippen molar-refractivity contribution in [1.29, 1.82) is 0 Å². The largest absolute Gasteiger partial charge is 0.340 e. The van der Waals surface area contributed by atoms with Crippen LogP contribution in [0.3, 0.4) is 0 Å². The molecule has 0 saturated carbocycles. The van der Waals surface area contributed by atoms with E-state index in [-0.39, 0.29) is 0 Å². The van der Waals surface area contributed by atoms with E-state index in [0.29, 0.717) is 11.9 Å². The number of aromatic nitrogens is 2. The first-order chi connectivity index (χ1) is 8.29. The highest BCUT2D eigenvalue weighted by molar-refractivity contribution is 7.12. The third kappa shape index (κ3) is 3.38. The maximum atomic E-state index is 4.94. The van der Waals surface area contributed by atoms with Crippen LogP contribution in [0.5, 0.6) is 0 Å². The van der Waals surface area contributed by atoms with Crippen molar-refractivity contribution in [3.63, 3.8) is 0 Å². The smallest absolute Gasteiger partial charge is 0.227 e. The topological polar surface area (TPSA) is 51.0 Å². The quantitative estimate of drug-likeness (QED) is 0.857. The van der Waals surface area contributed by atoms with Gasteiger partial charge in [0.2, 0.25) is 5.89 Å². The number of nitrogens with one attached hydrogen (secondary N) is 1. The van der Waals surface area contributed by atoms with E-state index in [1.54, 1.807) is 0 Å². The van der Waals surface area contributed by atoms with Crippen LogP contribution in [-0.4, -0.2) is 16.7 Å². The number of thiophene rings is 1. The monoisotopic (exact) mass is 251 g/mol. The lowest BCUT2D eigenvalue weighted by Crippen LogP contribution is -2.20. The molecule has 0 radical (unpaired) electrons. The van der Waals surface area contributed by atoms with Crippen LogP contribution in [-0.2, 0) is 12.8 Å². The van der Waals surface area contributed by atoms with Crippen LogP contribution < -0.4 is 5.32 Å². The van der Waals surface area contributed by atoms with E-state index in [1.807, 2.05) is 11.3 Å². The molecule has 0 bridgehead atoms. The molecule has 1 atom stereocenters. The van der Waals surface area contributed by atoms with Crippen LogP contribution in [0.4, 0.5) is 0 Å². The Hall–Kier alpha value is -1.20. The molecule has 0 aliphatic carbocycles. The third-order valence-electron chi connectivity index (χ3n) is 2.65. The predicted molar refractivity (Wildman–Crippen MR) is 68.1 cm³/mol. The van der Waals surface area contributed by atoms with Gasteiger partial charge in [-0.3, -0.25) is 0 Å². The minimum absolute atomic E-state index is 0.378. The SMILES string of the molecule is CCc1ccc(C(C)NCCc2ncno2)s1. The van der Waals surface area contributed by atoms with E-state index >= 15 is 0 Å². The fraction of sp³-hybridized carbons (Fsp3) is 0.500. The summed E-state index contributed by atoms with van der Waals surface area (Å²) in [5, 5.41) is 7.04. The van der Waals surface area contributed by atoms with Crippen molar-refractivity contribution < 1.29 is 4.52 Å². The summed E-state index contributed by atoms with van der Waals surface area (Å²) in [4.78, 5) is 6.81. The minimum Gasteiger partial charge on any atom is -0.340 e. The summed E-state index contributed by atoms with van der Waals surface area (Å²) < 4.78 is 4.94. The summed E-state index contributed by atoms with van der Waals surface area (Å²) in [6.07, 6.45) is 3.32. The second kappa shape index (κ2) is 5.93. The second-order valence-electron chi connectivity index (χ2n) is 3.92. The molecule has 0 aromatic carbocycles. The molecule has 0 fully saturated rings. The molecule has 1 N–H and O–H groups in total. The van der Waals surface area contributed by atoms with Gasteiger partial charge in [-0.2, -0.15) is 4.98 Å². The molecule has 1 unspecified atom stereocenters. The van der Waals surface area contributed by atoms with Crippen molar-refractivity contribution >= 4 is 11.3 Å². The number of aryl methyl sites for hydroxylation is 1. The summed E-state index contributed by atoms with van der Waals surface area (Å²) >= 11 is 1.87. The maximum absolute atomic E-state index is 4.94. The minimum atomic E-state index is 0.378. The highest BCUT2D eigenvalue weighted by Crippen LogP contribution is 2.23. The summed E-state index contributed by atoms with van der Waals surface area (Å²) in [6, 6.07) is 4.78. The van der Waals surface area contributed by atoms with Gasteiger partial charge in [0.1, 0.15) is 0 Å². The average Bonchev–Trinajstić information content (AvgIpc) is 2.99. The maximum Gasteiger partial charge on any atom is 0.227 e. The normalized spacial score (nSPS) is 12.8. The summed E-state index contributed by atoms with van der Waals surface area (Å²) in [5.41, 5.74) is 0. The summed E-state index contributed by atoms with van der Waals surface area (Å²) in [7, 11) is 0. The molecule has 0 amide bonds. The Morgan fingerprint density at radius 2 is 2.35 bits per heavy atom. The fourth-order valence-electron chi connectivity index (χ4n) is 1.62. The van der Waals surface area contributed by atoms with E-state index in [1.165, 1.54) is 16.1 Å². The van der Waals surface area contributed by atoms with Gasteiger partial charge >= 0.3 is 0 Å². The van der Waals surface area contributed by atoms with Crippen molar-refractivity contribution in [1.82, 2.24) is 15.5 Å². The van der Waals surface area contributed by atoms with Gasteiger partial charge in [0.15, 0.2) is 6.33 Å². The van der Waals surface area contributed by atoms with Gasteiger partial charge in [-0.15, -0.1) is 11.3 Å². The van der Waals surface area contributed by atoms with Gasteiger partial charge in [0.25, 0.3) is 0 Å². The van der Waals surface area contributed by atoms with E-state index in [0.717, 1.165) is 19.4 Å². The first kappa shape index (κ1) is 12.3. The lowest BCUT2D eigenvalue weighted by molar-refractivity contribution is 0.373. The molecule has 17 heavy (non-hydrogen) atoms. The van der Waals surface area contributed by atoms with Gasteiger partial charge in [-0.25, -0.2) is 0 Å². The van der Waals surface area contributed by atoms with Crippen LogP contribution in [0.15, 0.2) is 23.0 Å². The van der Waals surface area contributed by atoms with Crippen LogP contribution >= 0.6 is 11.3 Å². The number of hydrogen-bond donors (Lipinski definition) is 1. The zero-order chi connectivity index (χ0) is 12.1. The Kier molecular flexibility index (Phi) is 4.28. The zero-order valence-corrected chi connectivity index (χ0v) is 11.0. The molecule has 0 saturated heterocycles. The van der Waals surface area contributed by atoms with Crippen molar-refractivity contribution in [2.24, 2.45) is 0 Å². The first-order valence-corrected chi connectivity index (χ1v) is 6.68. The lowest BCUT2D eigenvalue weighted by atomic mass is 10.2. The Morgan fingerprint density at radius 1 is 1.47 bits per heavy atom. The van der Waals surface area contributed by atoms with Crippen molar-refractivity contribution in [3.05, 3.63) is 34.1 Å². The standard InChI is InChI=1S/C12H17N3OS/c1-3-10-4-5-11(17-10)9(2)13-7-6-12-14-8-15-16-12/h4-5,8-9,13H,3,6-7H2,1-2H3. The van der Waals surface area contributed by atoms with Crippen LogP contribution in [0.2, 0.25) is 0 Å². The van der Waals surface area contributed by atoms with E-state index in [2.05, 4.69) is 41.4 Å². The summed E-state index contributed by atoms with van der Waals surface area (Å²) in [5.74, 6) is 0.685. The molecule has 2 aromatic heterocycles. The van der Waals surface area contributed by atoms with E-state index in [9.17, 15) is 0 Å². The highest BCUT2D eigenvalue weighted by atomic mass is 32.1. The number of hydrogen-bond acceptors (Lipinski definition) is 5. The van der Waals surface area contributed by atoms with Crippen molar-refractivity contribution in [2.45, 2.75) is 32.7 Å². The van der Waals surface area contributed by atoms with Gasteiger partial charge < -0.3 is 9.84 Å².